The fourth-order valence-electron chi connectivity index (χ4n) is 4.89. The topological polar surface area (TPSA) is 128 Å². The third-order valence-corrected chi connectivity index (χ3v) is 9.15. The molecular formula is C27H29ClF2N3O7P. The van der Waals surface area contributed by atoms with Gasteiger partial charge < -0.3 is 19.1 Å². The van der Waals surface area contributed by atoms with E-state index >= 15 is 0 Å². The molecule has 3 aromatic rings. The van der Waals surface area contributed by atoms with Gasteiger partial charge in [0.25, 0.3) is 0 Å². The van der Waals surface area contributed by atoms with Gasteiger partial charge in [0.05, 0.1) is 41.6 Å². The normalized spacial score (nSPS) is 17.3. The monoisotopic (exact) mass is 611 g/mol. The first-order valence-electron chi connectivity index (χ1n) is 13.0. The van der Waals surface area contributed by atoms with E-state index in [1.165, 1.54) is 30.3 Å². The van der Waals surface area contributed by atoms with E-state index in [2.05, 4.69) is 5.10 Å². The number of carbonyl (C=O) groups excluding carboxylic acids is 2. The molecule has 2 atom stereocenters. The average Bonchev–Trinajstić information content (AvgIpc) is 3.50. The number of alkyl halides is 1. The van der Waals surface area contributed by atoms with E-state index < -0.39 is 49.8 Å². The highest BCUT2D eigenvalue weighted by molar-refractivity contribution is 7.62. The molecule has 0 saturated carbocycles. The molecule has 1 aliphatic rings. The summed E-state index contributed by atoms with van der Waals surface area (Å²) in [6, 6.07) is 7.57. The van der Waals surface area contributed by atoms with Crippen molar-refractivity contribution < 1.29 is 41.9 Å². The van der Waals surface area contributed by atoms with Crippen LogP contribution in [0.15, 0.2) is 36.4 Å². The predicted molar refractivity (Wildman–Crippen MR) is 147 cm³/mol. The van der Waals surface area contributed by atoms with Crippen LogP contribution in [0.1, 0.15) is 42.7 Å². The molecule has 14 heteroatoms. The number of halogens is 3. The summed E-state index contributed by atoms with van der Waals surface area (Å²) in [5.74, 6) is -3.09. The molecule has 0 aliphatic carbocycles. The van der Waals surface area contributed by atoms with E-state index in [4.69, 9.17) is 20.6 Å². The van der Waals surface area contributed by atoms with Gasteiger partial charge in [0.1, 0.15) is 18.5 Å². The number of carboxylic acid groups (broad SMARTS) is 1. The SMILES string of the molecule is CCOP(=O)(OCC)c1ccc2c(C(=O)O)nn(CC(=O)N3C[C@H](F)C[C@H]3C(=O)CCc3cccc(Cl)c3F)c2c1. The molecule has 1 aromatic heterocycles. The number of carbonyl (C=O) groups is 3. The molecule has 1 amide bonds. The molecule has 1 saturated heterocycles. The third kappa shape index (κ3) is 6.51. The number of amides is 1. The molecule has 10 nitrogen and oxygen atoms in total. The molecule has 0 spiro atoms. The van der Waals surface area contributed by atoms with Crippen LogP contribution >= 0.6 is 19.2 Å². The molecule has 1 fully saturated rings. The molecular weight excluding hydrogens is 583 g/mol. The Morgan fingerprint density at radius 3 is 2.54 bits per heavy atom. The lowest BCUT2D eigenvalue weighted by Crippen LogP contribution is -2.42. The number of aromatic carboxylic acids is 1. The van der Waals surface area contributed by atoms with Gasteiger partial charge in [0, 0.05) is 18.2 Å². The van der Waals surface area contributed by atoms with Gasteiger partial charge in [0.15, 0.2) is 11.5 Å². The van der Waals surface area contributed by atoms with Crippen molar-refractivity contribution in [3.8, 4) is 0 Å². The quantitative estimate of drug-likeness (QED) is 0.295. The van der Waals surface area contributed by atoms with E-state index in [1.54, 1.807) is 19.9 Å². The molecule has 1 N–H and O–H groups in total. The first-order valence-corrected chi connectivity index (χ1v) is 14.9. The van der Waals surface area contributed by atoms with Gasteiger partial charge in [-0.1, -0.05) is 23.7 Å². The van der Waals surface area contributed by atoms with E-state index in [1.807, 2.05) is 0 Å². The Kier molecular flexibility index (Phi) is 9.59. The van der Waals surface area contributed by atoms with Crippen LogP contribution in [0.5, 0.6) is 0 Å². The fraction of sp³-hybridized carbons (Fsp3) is 0.407. The Morgan fingerprint density at radius 1 is 1.17 bits per heavy atom. The van der Waals surface area contributed by atoms with E-state index in [-0.39, 0.29) is 71.5 Å². The van der Waals surface area contributed by atoms with Crippen LogP contribution < -0.4 is 5.30 Å². The average molecular weight is 612 g/mol. The summed E-state index contributed by atoms with van der Waals surface area (Å²) in [6.07, 6.45) is -1.78. The second-order valence-electron chi connectivity index (χ2n) is 9.42. The summed E-state index contributed by atoms with van der Waals surface area (Å²) in [5.41, 5.74) is 0.0566. The fourth-order valence-corrected chi connectivity index (χ4v) is 6.67. The van der Waals surface area contributed by atoms with Crippen molar-refractivity contribution >= 4 is 53.1 Å². The zero-order valence-electron chi connectivity index (χ0n) is 22.4. The van der Waals surface area contributed by atoms with Crippen LogP contribution in [-0.2, 0) is 36.2 Å². The van der Waals surface area contributed by atoms with Gasteiger partial charge in [-0.05, 0) is 50.1 Å². The number of nitrogens with zero attached hydrogens (tertiary/aromatic N) is 3. The Bertz CT molecular complexity index is 1520. The van der Waals surface area contributed by atoms with Gasteiger partial charge in [-0.3, -0.25) is 18.8 Å². The van der Waals surface area contributed by atoms with Gasteiger partial charge in [-0.25, -0.2) is 13.6 Å². The summed E-state index contributed by atoms with van der Waals surface area (Å²) in [6.45, 7) is 2.62. The maximum atomic E-state index is 14.5. The van der Waals surface area contributed by atoms with Crippen molar-refractivity contribution in [1.82, 2.24) is 14.7 Å². The zero-order valence-corrected chi connectivity index (χ0v) is 24.0. The van der Waals surface area contributed by atoms with Gasteiger partial charge in [-0.15, -0.1) is 0 Å². The van der Waals surface area contributed by atoms with E-state index in [0.29, 0.717) is 0 Å². The van der Waals surface area contributed by atoms with Crippen LogP contribution in [0.4, 0.5) is 8.78 Å². The minimum absolute atomic E-state index is 0.0228. The lowest BCUT2D eigenvalue weighted by Gasteiger charge is -2.23. The lowest BCUT2D eigenvalue weighted by atomic mass is 10.0. The number of ketones is 1. The van der Waals surface area contributed by atoms with Crippen LogP contribution in [0, 0.1) is 5.82 Å². The van der Waals surface area contributed by atoms with Gasteiger partial charge >= 0.3 is 13.6 Å². The van der Waals surface area contributed by atoms with Crippen molar-refractivity contribution in [2.75, 3.05) is 19.8 Å². The minimum Gasteiger partial charge on any atom is -0.476 e. The summed E-state index contributed by atoms with van der Waals surface area (Å²) in [7, 11) is -3.75. The molecule has 0 bridgehead atoms. The van der Waals surface area contributed by atoms with Crippen molar-refractivity contribution in [2.24, 2.45) is 0 Å². The standard InChI is InChI=1S/C27H29ClF2N3O7P/c1-3-39-41(38,40-4-2)18-9-10-19-21(13-18)33(31-26(19)27(36)37)15-24(35)32-14-17(29)12-22(32)23(34)11-8-16-6-5-7-20(28)25(16)30/h5-7,9-10,13,17,22H,3-4,8,11-12,14-15H2,1-2H3,(H,36,37)/t17-,22+/m1/s1. The predicted octanol–water partition coefficient (Wildman–Crippen LogP) is 4.56. The number of benzene rings is 2. The summed E-state index contributed by atoms with van der Waals surface area (Å²) < 4.78 is 53.9. The highest BCUT2D eigenvalue weighted by Gasteiger charge is 2.39. The second kappa shape index (κ2) is 12.8. The minimum atomic E-state index is -3.75. The Morgan fingerprint density at radius 2 is 1.88 bits per heavy atom. The number of hydrogen-bond donors (Lipinski definition) is 1. The first-order chi connectivity index (χ1) is 19.5. The third-order valence-electron chi connectivity index (χ3n) is 6.75. The Hall–Kier alpha value is -3.18. The Balaban J connectivity index is 1.60. The summed E-state index contributed by atoms with van der Waals surface area (Å²) >= 11 is 5.81. The largest absolute Gasteiger partial charge is 0.476 e. The van der Waals surface area contributed by atoms with E-state index in [0.717, 1.165) is 9.58 Å². The van der Waals surface area contributed by atoms with Crippen LogP contribution in [-0.4, -0.2) is 69.4 Å². The number of rotatable bonds is 12. The molecule has 4 rings (SSSR count). The van der Waals surface area contributed by atoms with E-state index in [9.17, 15) is 32.8 Å². The lowest BCUT2D eigenvalue weighted by molar-refractivity contribution is -0.138. The van der Waals surface area contributed by atoms with Crippen LogP contribution in [0.25, 0.3) is 10.9 Å². The summed E-state index contributed by atoms with van der Waals surface area (Å²) in [5, 5.41) is 14.0. The molecule has 41 heavy (non-hydrogen) atoms. The zero-order chi connectivity index (χ0) is 29.9. The van der Waals surface area contributed by atoms with Crippen molar-refractivity contribution in [1.29, 1.82) is 0 Å². The number of likely N-dealkylation sites (tertiary alicyclic amines) is 1. The molecule has 2 heterocycles. The smallest absolute Gasteiger partial charge is 0.361 e. The van der Waals surface area contributed by atoms with Crippen LogP contribution in [0.2, 0.25) is 5.02 Å². The second-order valence-corrected chi connectivity index (χ2v) is 11.9. The molecule has 2 aromatic carbocycles. The number of Topliss-reactive ketones (excluding diaryl/α,β-unsaturated/α-hetero) is 1. The number of hydrogen-bond acceptors (Lipinski definition) is 7. The maximum absolute atomic E-state index is 14.5. The van der Waals surface area contributed by atoms with Crippen molar-refractivity contribution in [3.63, 3.8) is 0 Å². The number of fused-ring (bicyclic) bond motifs is 1. The number of aryl methyl sites for hydroxylation is 1. The van der Waals surface area contributed by atoms with Crippen molar-refractivity contribution in [3.05, 3.63) is 58.5 Å². The highest BCUT2D eigenvalue weighted by Crippen LogP contribution is 2.47. The van der Waals surface area contributed by atoms with Gasteiger partial charge in [0.2, 0.25) is 5.91 Å². The van der Waals surface area contributed by atoms with Crippen molar-refractivity contribution in [2.45, 2.75) is 51.9 Å². The van der Waals surface area contributed by atoms with Crippen LogP contribution in [0.3, 0.4) is 0 Å². The molecule has 0 radical (unpaired) electrons. The molecule has 0 unspecified atom stereocenters. The Labute approximate surface area is 239 Å². The molecule has 220 valence electrons. The number of aromatic nitrogens is 2. The maximum Gasteiger partial charge on any atom is 0.361 e. The molecule has 1 aliphatic heterocycles. The number of carboxylic acids is 1. The first kappa shape index (κ1) is 30.8. The van der Waals surface area contributed by atoms with Gasteiger partial charge in [-0.2, -0.15) is 5.10 Å². The summed E-state index contributed by atoms with van der Waals surface area (Å²) in [4.78, 5) is 39.4. The highest BCUT2D eigenvalue weighted by atomic mass is 35.5.